The Bertz CT molecular complexity index is 1410. The summed E-state index contributed by atoms with van der Waals surface area (Å²) in [4.78, 5) is 31.6. The number of aliphatic imine (C=N–C) groups is 1. The zero-order chi connectivity index (χ0) is 27.2. The molecule has 0 saturated carbocycles. The van der Waals surface area contributed by atoms with E-state index in [4.69, 9.17) is 14.2 Å². The summed E-state index contributed by atoms with van der Waals surface area (Å²) in [6.45, 7) is 2.75. The lowest BCUT2D eigenvalue weighted by atomic mass is 10.1. The molecule has 0 aromatic heterocycles. The number of nitrogens with zero attached hydrogens (tertiary/aromatic N) is 2. The molecule has 1 saturated heterocycles. The first-order chi connectivity index (χ1) is 18.3. The molecule has 0 atom stereocenters. The first-order valence-electron chi connectivity index (χ1n) is 11.6. The fourth-order valence-electron chi connectivity index (χ4n) is 3.62. The van der Waals surface area contributed by atoms with Crippen molar-refractivity contribution in [2.45, 2.75) is 13.5 Å². The largest absolute Gasteiger partial charge is 0.493 e. The highest BCUT2D eigenvalue weighted by atomic mass is 79.9. The minimum Gasteiger partial charge on any atom is -0.493 e. The third-order valence-corrected chi connectivity index (χ3v) is 7.69. The highest BCUT2D eigenvalue weighted by molar-refractivity contribution is 9.10. The van der Waals surface area contributed by atoms with Crippen molar-refractivity contribution < 1.29 is 23.8 Å². The standard InChI is InChI=1S/C28H24Br2N2O5S/c1-4-32-26(33)24(38-28(32)31-21-11-7-19(8-12-21)27(34)36-3)15-18-13-22(30)25(23(14-18)35-2)37-16-17-5-9-20(29)10-6-17/h5-15H,4,16H2,1-3H3/b24-15+,31-28?. The van der Waals surface area contributed by atoms with Gasteiger partial charge in [-0.05, 0) is 100 Å². The third-order valence-electron chi connectivity index (χ3n) is 5.56. The second-order valence-corrected chi connectivity index (χ2v) is 10.8. The summed E-state index contributed by atoms with van der Waals surface area (Å²) in [5.41, 5.74) is 2.86. The number of esters is 1. The smallest absolute Gasteiger partial charge is 0.337 e. The van der Waals surface area contributed by atoms with E-state index in [2.05, 4.69) is 36.9 Å². The lowest BCUT2D eigenvalue weighted by molar-refractivity contribution is -0.122. The van der Waals surface area contributed by atoms with Gasteiger partial charge in [0.05, 0.1) is 34.8 Å². The number of hydrogen-bond donors (Lipinski definition) is 0. The molecule has 1 fully saturated rings. The number of hydrogen-bond acceptors (Lipinski definition) is 7. The number of amidine groups is 1. The van der Waals surface area contributed by atoms with Crippen LogP contribution in [0.15, 0.2) is 79.5 Å². The molecule has 1 amide bonds. The number of likely N-dealkylation sites (N-methyl/N-ethyl adjacent to an activating group) is 1. The van der Waals surface area contributed by atoms with Gasteiger partial charge in [-0.15, -0.1) is 0 Å². The van der Waals surface area contributed by atoms with Gasteiger partial charge in [-0.2, -0.15) is 0 Å². The maximum Gasteiger partial charge on any atom is 0.337 e. The van der Waals surface area contributed by atoms with Crippen molar-refractivity contribution in [2.75, 3.05) is 20.8 Å². The summed E-state index contributed by atoms with van der Waals surface area (Å²) in [6.07, 6.45) is 1.81. The molecule has 4 rings (SSSR count). The summed E-state index contributed by atoms with van der Waals surface area (Å²) in [6, 6.07) is 18.3. The Balaban J connectivity index is 1.56. The first kappa shape index (κ1) is 27.9. The van der Waals surface area contributed by atoms with E-state index in [1.165, 1.54) is 18.9 Å². The Labute approximate surface area is 242 Å². The summed E-state index contributed by atoms with van der Waals surface area (Å²) < 4.78 is 18.1. The molecule has 1 aliphatic heterocycles. The van der Waals surface area contributed by atoms with Crippen LogP contribution >= 0.6 is 43.6 Å². The average molecular weight is 660 g/mol. The van der Waals surface area contributed by atoms with Crippen molar-refractivity contribution in [3.05, 3.63) is 91.2 Å². The molecule has 0 unspecified atom stereocenters. The maximum atomic E-state index is 13.1. The second kappa shape index (κ2) is 12.6. The van der Waals surface area contributed by atoms with Crippen LogP contribution in [0, 0.1) is 0 Å². The van der Waals surface area contributed by atoms with Crippen molar-refractivity contribution >= 4 is 72.4 Å². The van der Waals surface area contributed by atoms with Gasteiger partial charge in [0, 0.05) is 11.0 Å². The van der Waals surface area contributed by atoms with Crippen LogP contribution in [0.3, 0.4) is 0 Å². The SMILES string of the molecule is CCN1C(=O)/C(=C\c2cc(Br)c(OCc3ccc(Br)cc3)c(OC)c2)SC1=Nc1ccc(C(=O)OC)cc1. The van der Waals surface area contributed by atoms with Gasteiger partial charge < -0.3 is 14.2 Å². The predicted molar refractivity (Wildman–Crippen MR) is 157 cm³/mol. The monoisotopic (exact) mass is 658 g/mol. The average Bonchev–Trinajstić information content (AvgIpc) is 3.21. The molecule has 0 radical (unpaired) electrons. The Morgan fingerprint density at radius 3 is 2.39 bits per heavy atom. The number of methoxy groups -OCH3 is 2. The van der Waals surface area contributed by atoms with E-state index >= 15 is 0 Å². The van der Waals surface area contributed by atoms with E-state index in [1.807, 2.05) is 49.4 Å². The van der Waals surface area contributed by atoms with Crippen molar-refractivity contribution in [2.24, 2.45) is 4.99 Å². The fraction of sp³-hybridized carbons (Fsp3) is 0.179. The molecule has 1 heterocycles. The van der Waals surface area contributed by atoms with Crippen LogP contribution in [0.25, 0.3) is 6.08 Å². The molecule has 3 aromatic rings. The van der Waals surface area contributed by atoms with Gasteiger partial charge in [-0.25, -0.2) is 9.79 Å². The molecular weight excluding hydrogens is 636 g/mol. The van der Waals surface area contributed by atoms with Gasteiger partial charge in [0.1, 0.15) is 6.61 Å². The number of amides is 1. The van der Waals surface area contributed by atoms with Crippen molar-refractivity contribution in [1.29, 1.82) is 0 Å². The molecule has 38 heavy (non-hydrogen) atoms. The van der Waals surface area contributed by atoms with Crippen molar-refractivity contribution in [1.82, 2.24) is 4.90 Å². The zero-order valence-electron chi connectivity index (χ0n) is 20.9. The van der Waals surface area contributed by atoms with Crippen LogP contribution in [-0.4, -0.2) is 42.7 Å². The number of carbonyl (C=O) groups is 2. The third kappa shape index (κ3) is 6.48. The van der Waals surface area contributed by atoms with Gasteiger partial charge in [0.2, 0.25) is 0 Å². The number of ether oxygens (including phenoxy) is 3. The Hall–Kier alpha value is -3.08. The van der Waals surface area contributed by atoms with E-state index in [-0.39, 0.29) is 5.91 Å². The van der Waals surface area contributed by atoms with Gasteiger partial charge >= 0.3 is 5.97 Å². The minimum absolute atomic E-state index is 0.131. The normalized spacial score (nSPS) is 15.3. The molecule has 0 N–H and O–H groups in total. The molecule has 3 aromatic carbocycles. The van der Waals surface area contributed by atoms with Crippen LogP contribution in [0.2, 0.25) is 0 Å². The van der Waals surface area contributed by atoms with Crippen LogP contribution < -0.4 is 9.47 Å². The minimum atomic E-state index is -0.415. The summed E-state index contributed by atoms with van der Waals surface area (Å²) in [5, 5.41) is 0.565. The zero-order valence-corrected chi connectivity index (χ0v) is 24.9. The van der Waals surface area contributed by atoms with E-state index in [0.717, 1.165) is 15.6 Å². The highest BCUT2D eigenvalue weighted by Gasteiger charge is 2.32. The van der Waals surface area contributed by atoms with Crippen LogP contribution in [-0.2, 0) is 16.1 Å². The second-order valence-electron chi connectivity index (χ2n) is 8.04. The van der Waals surface area contributed by atoms with Gasteiger partial charge in [0.25, 0.3) is 5.91 Å². The van der Waals surface area contributed by atoms with E-state index < -0.39 is 5.97 Å². The van der Waals surface area contributed by atoms with Crippen LogP contribution in [0.1, 0.15) is 28.4 Å². The van der Waals surface area contributed by atoms with E-state index in [9.17, 15) is 9.59 Å². The van der Waals surface area contributed by atoms with Crippen molar-refractivity contribution in [3.8, 4) is 11.5 Å². The molecule has 7 nitrogen and oxygen atoms in total. The number of thioether (sulfide) groups is 1. The van der Waals surface area contributed by atoms with Crippen LogP contribution in [0.4, 0.5) is 5.69 Å². The van der Waals surface area contributed by atoms with Gasteiger partial charge in [-0.3, -0.25) is 9.69 Å². The Morgan fingerprint density at radius 2 is 1.76 bits per heavy atom. The Morgan fingerprint density at radius 1 is 1.05 bits per heavy atom. The lowest BCUT2D eigenvalue weighted by Crippen LogP contribution is -2.28. The molecule has 0 aliphatic carbocycles. The summed E-state index contributed by atoms with van der Waals surface area (Å²) in [5.74, 6) is 0.580. The molecule has 0 spiro atoms. The number of halogens is 2. The number of carbonyl (C=O) groups excluding carboxylic acids is 2. The first-order valence-corrected chi connectivity index (χ1v) is 14.0. The molecule has 1 aliphatic rings. The Kier molecular flexibility index (Phi) is 9.30. The van der Waals surface area contributed by atoms with E-state index in [1.54, 1.807) is 36.3 Å². The van der Waals surface area contributed by atoms with Gasteiger partial charge in [0.15, 0.2) is 16.7 Å². The number of benzene rings is 3. The summed E-state index contributed by atoms with van der Waals surface area (Å²) >= 11 is 8.32. The maximum absolute atomic E-state index is 13.1. The molecular formula is C28H24Br2N2O5S. The van der Waals surface area contributed by atoms with Gasteiger partial charge in [-0.1, -0.05) is 28.1 Å². The molecule has 0 bridgehead atoms. The fourth-order valence-corrected chi connectivity index (χ4v) is 5.52. The van der Waals surface area contributed by atoms with Crippen molar-refractivity contribution in [3.63, 3.8) is 0 Å². The van der Waals surface area contributed by atoms with E-state index in [0.29, 0.717) is 50.4 Å². The topological polar surface area (TPSA) is 77.4 Å². The lowest BCUT2D eigenvalue weighted by Gasteiger charge is -2.14. The quantitative estimate of drug-likeness (QED) is 0.188. The number of rotatable bonds is 8. The van der Waals surface area contributed by atoms with Crippen LogP contribution in [0.5, 0.6) is 11.5 Å². The molecule has 10 heteroatoms. The molecule has 196 valence electrons. The summed E-state index contributed by atoms with van der Waals surface area (Å²) in [7, 11) is 2.92. The predicted octanol–water partition coefficient (Wildman–Crippen LogP) is 7.21. The highest BCUT2D eigenvalue weighted by Crippen LogP contribution is 2.40.